The summed E-state index contributed by atoms with van der Waals surface area (Å²) in [4.78, 5) is 0.263. The van der Waals surface area contributed by atoms with Crippen molar-refractivity contribution in [3.8, 4) is 17.2 Å². The van der Waals surface area contributed by atoms with Crippen LogP contribution in [0, 0.1) is 0 Å². The zero-order valence-electron chi connectivity index (χ0n) is 15.5. The van der Waals surface area contributed by atoms with E-state index in [4.69, 9.17) is 14.2 Å². The van der Waals surface area contributed by atoms with E-state index >= 15 is 0 Å². The molecule has 0 bridgehead atoms. The summed E-state index contributed by atoms with van der Waals surface area (Å²) in [7, 11) is -0.477. The summed E-state index contributed by atoms with van der Waals surface area (Å²) in [6.07, 6.45) is 0. The fraction of sp³-hybridized carbons (Fsp3) is 0.368. The molecule has 0 aliphatic carbocycles. The molecule has 1 saturated heterocycles. The normalized spacial score (nSPS) is 17.7. The van der Waals surface area contributed by atoms with Crippen molar-refractivity contribution in [1.82, 2.24) is 4.31 Å². The number of hydrogen-bond donors (Lipinski definition) is 0. The van der Waals surface area contributed by atoms with Gasteiger partial charge in [-0.1, -0.05) is 6.07 Å². The number of ether oxygens (including phenoxy) is 3. The van der Waals surface area contributed by atoms with Gasteiger partial charge in [0.2, 0.25) is 10.0 Å². The van der Waals surface area contributed by atoms with Crippen LogP contribution in [-0.2, 0) is 10.0 Å². The fourth-order valence-corrected chi connectivity index (χ4v) is 6.21. The molecule has 27 heavy (non-hydrogen) atoms. The Morgan fingerprint density at radius 2 is 1.78 bits per heavy atom. The van der Waals surface area contributed by atoms with Crippen molar-refractivity contribution in [3.05, 3.63) is 48.0 Å². The standard InChI is InChI=1S/C19H23NO5S2/c1-4-25-15-6-8-16(9-7-15)27(21,22)20-11-12-26-19(20)14-5-10-17(23-2)18(13-14)24-3/h5-10,13,19H,4,11-12H2,1-3H3/t19-/m1/s1. The first-order valence-electron chi connectivity index (χ1n) is 8.59. The Morgan fingerprint density at radius 3 is 2.41 bits per heavy atom. The first-order valence-corrected chi connectivity index (χ1v) is 11.1. The van der Waals surface area contributed by atoms with Gasteiger partial charge < -0.3 is 14.2 Å². The van der Waals surface area contributed by atoms with Gasteiger partial charge in [-0.15, -0.1) is 11.8 Å². The van der Waals surface area contributed by atoms with Gasteiger partial charge in [-0.05, 0) is 48.9 Å². The molecule has 2 aromatic rings. The molecule has 1 fully saturated rings. The summed E-state index contributed by atoms with van der Waals surface area (Å²) in [5.41, 5.74) is 0.865. The Labute approximate surface area is 164 Å². The number of thioether (sulfide) groups is 1. The number of hydrogen-bond acceptors (Lipinski definition) is 6. The quantitative estimate of drug-likeness (QED) is 0.697. The summed E-state index contributed by atoms with van der Waals surface area (Å²) >= 11 is 1.59. The maximum atomic E-state index is 13.2. The summed E-state index contributed by atoms with van der Waals surface area (Å²) in [6, 6.07) is 12.1. The Balaban J connectivity index is 1.91. The van der Waals surface area contributed by atoms with E-state index in [1.54, 1.807) is 56.3 Å². The lowest BCUT2D eigenvalue weighted by Crippen LogP contribution is -2.30. The van der Waals surface area contributed by atoms with Crippen molar-refractivity contribution in [2.24, 2.45) is 0 Å². The highest BCUT2D eigenvalue weighted by Gasteiger charge is 2.37. The predicted octanol–water partition coefficient (Wildman–Crippen LogP) is 3.54. The second-order valence-corrected chi connectivity index (χ2v) is 8.94. The molecule has 146 valence electrons. The summed E-state index contributed by atoms with van der Waals surface area (Å²) in [5, 5.41) is -0.304. The molecule has 1 atom stereocenters. The predicted molar refractivity (Wildman–Crippen MR) is 106 cm³/mol. The van der Waals surface area contributed by atoms with Crippen molar-refractivity contribution in [3.63, 3.8) is 0 Å². The zero-order valence-corrected chi connectivity index (χ0v) is 17.2. The van der Waals surface area contributed by atoms with Crippen LogP contribution >= 0.6 is 11.8 Å². The molecule has 0 N–H and O–H groups in total. The number of rotatable bonds is 7. The first-order chi connectivity index (χ1) is 13.0. The van der Waals surface area contributed by atoms with E-state index in [0.29, 0.717) is 30.4 Å². The van der Waals surface area contributed by atoms with E-state index in [1.807, 2.05) is 19.1 Å². The number of sulfonamides is 1. The molecule has 3 rings (SSSR count). The van der Waals surface area contributed by atoms with Crippen LogP contribution in [-0.4, -0.2) is 45.8 Å². The molecule has 0 radical (unpaired) electrons. The second-order valence-electron chi connectivity index (χ2n) is 5.86. The average molecular weight is 410 g/mol. The topological polar surface area (TPSA) is 65.1 Å². The maximum Gasteiger partial charge on any atom is 0.244 e. The molecular formula is C19H23NO5S2. The molecule has 2 aromatic carbocycles. The van der Waals surface area contributed by atoms with Crippen molar-refractivity contribution >= 4 is 21.8 Å². The van der Waals surface area contributed by atoms with Gasteiger partial charge in [0.15, 0.2) is 11.5 Å². The van der Waals surface area contributed by atoms with E-state index in [9.17, 15) is 8.42 Å². The van der Waals surface area contributed by atoms with Crippen LogP contribution in [0.4, 0.5) is 0 Å². The minimum absolute atomic E-state index is 0.263. The van der Waals surface area contributed by atoms with E-state index in [1.165, 1.54) is 4.31 Å². The molecule has 8 heteroatoms. The average Bonchev–Trinajstić information content (AvgIpc) is 3.19. The lowest BCUT2D eigenvalue weighted by atomic mass is 10.2. The molecule has 1 heterocycles. The summed E-state index contributed by atoms with van der Waals surface area (Å²) in [5.74, 6) is 2.59. The van der Waals surface area contributed by atoms with Gasteiger partial charge in [0.05, 0.1) is 31.1 Å². The number of benzene rings is 2. The van der Waals surface area contributed by atoms with Gasteiger partial charge >= 0.3 is 0 Å². The summed E-state index contributed by atoms with van der Waals surface area (Å²) in [6.45, 7) is 2.88. The molecule has 1 aliphatic heterocycles. The Morgan fingerprint density at radius 1 is 1.07 bits per heavy atom. The highest BCUT2D eigenvalue weighted by molar-refractivity contribution is 8.01. The third kappa shape index (κ3) is 4.02. The van der Waals surface area contributed by atoms with E-state index in [2.05, 4.69) is 0 Å². The molecule has 0 unspecified atom stereocenters. The highest BCUT2D eigenvalue weighted by atomic mass is 32.2. The van der Waals surface area contributed by atoms with Crippen molar-refractivity contribution in [2.75, 3.05) is 33.1 Å². The SMILES string of the molecule is CCOc1ccc(S(=O)(=O)N2CCS[C@@H]2c2ccc(OC)c(OC)c2)cc1. The fourth-order valence-electron chi connectivity index (χ4n) is 2.98. The minimum Gasteiger partial charge on any atom is -0.494 e. The van der Waals surface area contributed by atoms with E-state index in [0.717, 1.165) is 11.3 Å². The second kappa shape index (κ2) is 8.41. The number of methoxy groups -OCH3 is 2. The molecular weight excluding hydrogens is 386 g/mol. The summed E-state index contributed by atoms with van der Waals surface area (Å²) < 4.78 is 43.9. The van der Waals surface area contributed by atoms with Gasteiger partial charge in [0.1, 0.15) is 5.75 Å². The molecule has 0 spiro atoms. The van der Waals surface area contributed by atoms with Gasteiger partial charge in [-0.3, -0.25) is 0 Å². The number of nitrogens with zero attached hydrogens (tertiary/aromatic N) is 1. The van der Waals surface area contributed by atoms with Crippen molar-refractivity contribution < 1.29 is 22.6 Å². The third-order valence-corrected chi connectivity index (χ3v) is 7.56. The third-order valence-electron chi connectivity index (χ3n) is 4.28. The highest BCUT2D eigenvalue weighted by Crippen LogP contribution is 2.43. The lowest BCUT2D eigenvalue weighted by Gasteiger charge is -2.24. The van der Waals surface area contributed by atoms with E-state index in [-0.39, 0.29) is 10.3 Å². The van der Waals surface area contributed by atoms with Crippen LogP contribution in [0.5, 0.6) is 17.2 Å². The van der Waals surface area contributed by atoms with Crippen LogP contribution in [0.3, 0.4) is 0 Å². The van der Waals surface area contributed by atoms with Crippen LogP contribution in [0.15, 0.2) is 47.4 Å². The van der Waals surface area contributed by atoms with Crippen molar-refractivity contribution in [2.45, 2.75) is 17.2 Å². The van der Waals surface area contributed by atoms with Gasteiger partial charge in [-0.2, -0.15) is 4.31 Å². The van der Waals surface area contributed by atoms with E-state index < -0.39 is 10.0 Å². The monoisotopic (exact) mass is 409 g/mol. The molecule has 1 aliphatic rings. The Hall–Kier alpha value is -1.90. The largest absolute Gasteiger partial charge is 0.494 e. The zero-order chi connectivity index (χ0) is 19.4. The first kappa shape index (κ1) is 19.9. The van der Waals surface area contributed by atoms with Crippen LogP contribution < -0.4 is 14.2 Å². The van der Waals surface area contributed by atoms with Crippen LogP contribution in [0.1, 0.15) is 17.9 Å². The Kier molecular flexibility index (Phi) is 6.18. The van der Waals surface area contributed by atoms with Gasteiger partial charge in [0, 0.05) is 12.3 Å². The molecule has 0 aromatic heterocycles. The smallest absolute Gasteiger partial charge is 0.244 e. The van der Waals surface area contributed by atoms with Crippen LogP contribution in [0.25, 0.3) is 0 Å². The molecule has 6 nitrogen and oxygen atoms in total. The minimum atomic E-state index is -3.62. The lowest BCUT2D eigenvalue weighted by molar-refractivity contribution is 0.340. The molecule has 0 saturated carbocycles. The van der Waals surface area contributed by atoms with Gasteiger partial charge in [-0.25, -0.2) is 8.42 Å². The van der Waals surface area contributed by atoms with Crippen molar-refractivity contribution in [1.29, 1.82) is 0 Å². The maximum absolute atomic E-state index is 13.2. The Bertz CT molecular complexity index is 883. The molecule has 0 amide bonds. The van der Waals surface area contributed by atoms with Gasteiger partial charge in [0.25, 0.3) is 0 Å². The van der Waals surface area contributed by atoms with Crippen LogP contribution in [0.2, 0.25) is 0 Å².